The van der Waals surface area contributed by atoms with Crippen LogP contribution >= 0.6 is 0 Å². The Morgan fingerprint density at radius 1 is 1.24 bits per heavy atom. The van der Waals surface area contributed by atoms with Crippen molar-refractivity contribution >= 4 is 16.8 Å². The average molecular weight is 390 g/mol. The third-order valence-electron chi connectivity index (χ3n) is 5.35. The molecule has 2 aromatic rings. The van der Waals surface area contributed by atoms with Crippen LogP contribution in [0.1, 0.15) is 57.8 Å². The molecule has 1 aromatic carbocycles. The molecule has 0 saturated heterocycles. The molecule has 3 rings (SSSR count). The molecule has 29 heavy (non-hydrogen) atoms. The third kappa shape index (κ3) is 3.88. The largest absolute Gasteiger partial charge is 0.461 e. The zero-order valence-corrected chi connectivity index (χ0v) is 17.6. The van der Waals surface area contributed by atoms with Crippen molar-refractivity contribution in [3.8, 4) is 6.07 Å². The van der Waals surface area contributed by atoms with E-state index in [0.29, 0.717) is 51.5 Å². The summed E-state index contributed by atoms with van der Waals surface area (Å²) in [4.78, 5) is 25.7. The number of nitriles is 1. The van der Waals surface area contributed by atoms with Crippen LogP contribution in [0.2, 0.25) is 0 Å². The number of fused-ring (bicyclic) bond motifs is 1. The molecule has 1 atom stereocenters. The van der Waals surface area contributed by atoms with E-state index >= 15 is 0 Å². The molecule has 0 radical (unpaired) electrons. The second-order valence-corrected chi connectivity index (χ2v) is 8.05. The van der Waals surface area contributed by atoms with Gasteiger partial charge < -0.3 is 9.73 Å². The van der Waals surface area contributed by atoms with Crippen LogP contribution in [0.4, 0.5) is 0 Å². The second kappa shape index (κ2) is 8.08. The number of hydrogen-bond acceptors (Lipinski definition) is 5. The first-order valence-electron chi connectivity index (χ1n) is 9.89. The van der Waals surface area contributed by atoms with Crippen molar-refractivity contribution < 1.29 is 9.21 Å². The van der Waals surface area contributed by atoms with Gasteiger partial charge in [0.05, 0.1) is 22.9 Å². The lowest BCUT2D eigenvalue weighted by Crippen LogP contribution is -2.28. The predicted molar refractivity (Wildman–Crippen MR) is 113 cm³/mol. The summed E-state index contributed by atoms with van der Waals surface area (Å²) >= 11 is 0. The van der Waals surface area contributed by atoms with Gasteiger partial charge in [-0.2, -0.15) is 5.26 Å². The highest BCUT2D eigenvalue weighted by atomic mass is 16.3. The summed E-state index contributed by atoms with van der Waals surface area (Å²) in [6, 6.07) is 9.07. The number of benzene rings is 1. The molecular weight excluding hydrogens is 364 g/mol. The van der Waals surface area contributed by atoms with Crippen LogP contribution in [0.25, 0.3) is 11.0 Å². The van der Waals surface area contributed by atoms with Gasteiger partial charge in [0.1, 0.15) is 11.3 Å². The molecule has 1 N–H and O–H groups in total. The van der Waals surface area contributed by atoms with Crippen LogP contribution in [0, 0.1) is 24.2 Å². The molecule has 1 unspecified atom stereocenters. The lowest BCUT2D eigenvalue weighted by molar-refractivity contribution is -0.116. The highest BCUT2D eigenvalue weighted by molar-refractivity contribution is 6.00. The van der Waals surface area contributed by atoms with E-state index in [-0.39, 0.29) is 11.2 Å². The molecule has 5 heteroatoms. The van der Waals surface area contributed by atoms with Crippen LogP contribution in [-0.4, -0.2) is 5.78 Å². The van der Waals surface area contributed by atoms with Crippen molar-refractivity contribution in [2.45, 2.75) is 53.4 Å². The number of aryl methyl sites for hydroxylation is 1. The number of carbonyl (C=O) groups is 1. The molecule has 0 saturated carbocycles. The molecule has 150 valence electrons. The summed E-state index contributed by atoms with van der Waals surface area (Å²) in [5.74, 6) is 0.354. The molecule has 1 aliphatic rings. The molecule has 0 bridgehead atoms. The van der Waals surface area contributed by atoms with Crippen molar-refractivity contribution in [2.24, 2.45) is 5.92 Å². The number of nitrogens with zero attached hydrogens (tertiary/aromatic N) is 1. The second-order valence-electron chi connectivity index (χ2n) is 8.05. The Hall–Kier alpha value is -3.13. The monoisotopic (exact) mass is 390 g/mol. The molecule has 0 aliphatic carbocycles. The molecule has 1 aromatic heterocycles. The van der Waals surface area contributed by atoms with Crippen molar-refractivity contribution in [2.75, 3.05) is 0 Å². The topological polar surface area (TPSA) is 83.1 Å². The molecule has 2 heterocycles. The van der Waals surface area contributed by atoms with E-state index in [2.05, 4.69) is 25.2 Å². The highest BCUT2D eigenvalue weighted by Gasteiger charge is 2.34. The number of allylic oxidation sites excluding steroid dienone is 4. The van der Waals surface area contributed by atoms with E-state index in [9.17, 15) is 14.9 Å². The molecular formula is C24H26N2O3. The number of hydrogen-bond donors (Lipinski definition) is 1. The van der Waals surface area contributed by atoms with E-state index in [0.717, 1.165) is 12.1 Å². The number of carbonyl (C=O) groups excluding carboxylic acids is 1. The maximum absolute atomic E-state index is 13.2. The van der Waals surface area contributed by atoms with Gasteiger partial charge in [-0.25, -0.2) is 0 Å². The van der Waals surface area contributed by atoms with Gasteiger partial charge in [-0.05, 0) is 39.2 Å². The Morgan fingerprint density at radius 2 is 1.97 bits per heavy atom. The SMILES string of the molecule is CC1=C(C#N)C(c2cccc3c(=O)cc(C)oc23)C(C(=O)CCC(C)C)=C(C)N1. The lowest BCUT2D eigenvalue weighted by Gasteiger charge is -2.29. The van der Waals surface area contributed by atoms with Gasteiger partial charge in [0.15, 0.2) is 11.2 Å². The minimum Gasteiger partial charge on any atom is -0.461 e. The minimum atomic E-state index is -0.561. The van der Waals surface area contributed by atoms with Gasteiger partial charge in [-0.1, -0.05) is 26.0 Å². The summed E-state index contributed by atoms with van der Waals surface area (Å²) in [5.41, 5.74) is 3.48. The Labute approximate surface area is 170 Å². The summed E-state index contributed by atoms with van der Waals surface area (Å²) in [7, 11) is 0. The quantitative estimate of drug-likeness (QED) is 0.788. The Bertz CT molecular complexity index is 1140. The van der Waals surface area contributed by atoms with E-state index in [1.54, 1.807) is 19.1 Å². The molecule has 0 fully saturated rings. The summed E-state index contributed by atoms with van der Waals surface area (Å²) in [6.07, 6.45) is 1.19. The summed E-state index contributed by atoms with van der Waals surface area (Å²) in [6.45, 7) is 9.58. The average Bonchev–Trinajstić information content (AvgIpc) is 2.65. The number of nitrogens with one attached hydrogen (secondary N) is 1. The fourth-order valence-corrected chi connectivity index (χ4v) is 3.92. The first kappa shape index (κ1) is 20.6. The zero-order valence-electron chi connectivity index (χ0n) is 17.6. The number of para-hydroxylation sites is 1. The normalized spacial score (nSPS) is 16.9. The number of rotatable bonds is 5. The van der Waals surface area contributed by atoms with Crippen LogP contribution in [0.5, 0.6) is 0 Å². The maximum atomic E-state index is 13.2. The third-order valence-corrected chi connectivity index (χ3v) is 5.35. The van der Waals surface area contributed by atoms with Gasteiger partial charge in [0.25, 0.3) is 0 Å². The van der Waals surface area contributed by atoms with Crippen molar-refractivity contribution in [3.05, 3.63) is 68.4 Å². The Balaban J connectivity index is 2.26. The molecule has 0 spiro atoms. The number of ketones is 1. The fraction of sp³-hybridized carbons (Fsp3) is 0.375. The maximum Gasteiger partial charge on any atom is 0.192 e. The van der Waals surface area contributed by atoms with E-state index in [1.165, 1.54) is 6.07 Å². The van der Waals surface area contributed by atoms with Crippen molar-refractivity contribution in [1.29, 1.82) is 5.26 Å². The van der Waals surface area contributed by atoms with E-state index in [4.69, 9.17) is 4.42 Å². The van der Waals surface area contributed by atoms with E-state index in [1.807, 2.05) is 19.9 Å². The lowest BCUT2D eigenvalue weighted by atomic mass is 9.78. The summed E-state index contributed by atoms with van der Waals surface area (Å²) in [5, 5.41) is 13.5. The van der Waals surface area contributed by atoms with Crippen LogP contribution < -0.4 is 10.7 Å². The van der Waals surface area contributed by atoms with Gasteiger partial charge in [0, 0.05) is 35.0 Å². The minimum absolute atomic E-state index is 0.0148. The van der Waals surface area contributed by atoms with E-state index < -0.39 is 5.92 Å². The fourth-order valence-electron chi connectivity index (χ4n) is 3.92. The van der Waals surface area contributed by atoms with Crippen LogP contribution in [0.3, 0.4) is 0 Å². The molecule has 0 amide bonds. The highest BCUT2D eigenvalue weighted by Crippen LogP contribution is 2.41. The standard InChI is InChI=1S/C24H26N2O3/c1-13(2)9-10-20(27)22-16(5)26-15(4)19(12-25)23(22)18-8-6-7-17-21(28)11-14(3)29-24(17)18/h6-8,11,13,23,26H,9-10H2,1-5H3. The Kier molecular flexibility index (Phi) is 5.74. The van der Waals surface area contributed by atoms with Crippen molar-refractivity contribution in [3.63, 3.8) is 0 Å². The zero-order chi connectivity index (χ0) is 21.3. The van der Waals surface area contributed by atoms with Gasteiger partial charge in [0.2, 0.25) is 0 Å². The number of Topliss-reactive ketones (excluding diaryl/α,β-unsaturated/α-hetero) is 1. The van der Waals surface area contributed by atoms with Crippen molar-refractivity contribution in [1.82, 2.24) is 5.32 Å². The number of dihydropyridines is 1. The Morgan fingerprint density at radius 3 is 2.62 bits per heavy atom. The van der Waals surface area contributed by atoms with Gasteiger partial charge in [-0.15, -0.1) is 0 Å². The van der Waals surface area contributed by atoms with Crippen LogP contribution in [-0.2, 0) is 4.79 Å². The first-order valence-corrected chi connectivity index (χ1v) is 9.89. The smallest absolute Gasteiger partial charge is 0.192 e. The van der Waals surface area contributed by atoms with Gasteiger partial charge in [-0.3, -0.25) is 9.59 Å². The first-order chi connectivity index (χ1) is 13.7. The van der Waals surface area contributed by atoms with Gasteiger partial charge >= 0.3 is 0 Å². The predicted octanol–water partition coefficient (Wildman–Crippen LogP) is 4.87. The molecule has 5 nitrogen and oxygen atoms in total. The molecule has 1 aliphatic heterocycles. The summed E-state index contributed by atoms with van der Waals surface area (Å²) < 4.78 is 5.93. The van der Waals surface area contributed by atoms with Crippen LogP contribution in [0.15, 0.2) is 56.0 Å².